The van der Waals surface area contributed by atoms with Crippen LogP contribution in [0.15, 0.2) is 11.1 Å². The standard InChI is InChI=1S/C17H25N5O3/c1-5-12-13-15(23)18-10-19-22(13)14(20-12)11-7-6-8-21(9-11)16(24)25-17(2,3)4/h10-11H,5-9H2,1-4H3,(H,18,19,23). The van der Waals surface area contributed by atoms with Gasteiger partial charge in [-0.05, 0) is 40.0 Å². The Hall–Kier alpha value is -2.38. The molecule has 0 spiro atoms. The van der Waals surface area contributed by atoms with Crippen molar-refractivity contribution in [3.8, 4) is 0 Å². The second-order valence-electron chi connectivity index (χ2n) is 7.41. The predicted octanol–water partition coefficient (Wildman–Crippen LogP) is 2.09. The second kappa shape index (κ2) is 6.50. The van der Waals surface area contributed by atoms with E-state index >= 15 is 0 Å². The molecule has 0 bridgehead atoms. The fourth-order valence-electron chi connectivity index (χ4n) is 3.22. The van der Waals surface area contributed by atoms with Crippen LogP contribution in [0.2, 0.25) is 0 Å². The average Bonchev–Trinajstić information content (AvgIpc) is 2.93. The number of H-pyrrole nitrogens is 1. The fourth-order valence-corrected chi connectivity index (χ4v) is 3.22. The van der Waals surface area contributed by atoms with Crippen LogP contribution in [-0.2, 0) is 11.2 Å². The van der Waals surface area contributed by atoms with Crippen LogP contribution in [0.3, 0.4) is 0 Å². The van der Waals surface area contributed by atoms with Crippen molar-refractivity contribution >= 4 is 11.6 Å². The molecule has 8 heteroatoms. The van der Waals surface area contributed by atoms with Gasteiger partial charge >= 0.3 is 6.09 Å². The van der Waals surface area contributed by atoms with Crippen LogP contribution < -0.4 is 5.56 Å². The van der Waals surface area contributed by atoms with Crippen molar-refractivity contribution in [2.24, 2.45) is 0 Å². The van der Waals surface area contributed by atoms with Crippen molar-refractivity contribution in [1.82, 2.24) is 24.5 Å². The lowest BCUT2D eigenvalue weighted by molar-refractivity contribution is 0.0195. The number of aromatic amines is 1. The zero-order valence-corrected chi connectivity index (χ0v) is 15.2. The first-order valence-electron chi connectivity index (χ1n) is 8.73. The maximum absolute atomic E-state index is 12.4. The molecule has 2 aromatic heterocycles. The first-order valence-corrected chi connectivity index (χ1v) is 8.73. The number of aryl methyl sites for hydroxylation is 1. The van der Waals surface area contributed by atoms with Gasteiger partial charge in [0.15, 0.2) is 5.52 Å². The van der Waals surface area contributed by atoms with Gasteiger partial charge in [0.05, 0.1) is 5.69 Å². The van der Waals surface area contributed by atoms with E-state index in [2.05, 4.69) is 15.1 Å². The summed E-state index contributed by atoms with van der Waals surface area (Å²) in [6.45, 7) is 8.73. The normalized spacial score (nSPS) is 18.6. The van der Waals surface area contributed by atoms with E-state index in [4.69, 9.17) is 4.74 Å². The molecule has 1 fully saturated rings. The number of aromatic nitrogens is 4. The van der Waals surface area contributed by atoms with Gasteiger partial charge in [0.2, 0.25) is 0 Å². The summed E-state index contributed by atoms with van der Waals surface area (Å²) in [5.41, 5.74) is 0.521. The monoisotopic (exact) mass is 347 g/mol. The topological polar surface area (TPSA) is 92.6 Å². The van der Waals surface area contributed by atoms with Crippen LogP contribution >= 0.6 is 0 Å². The zero-order chi connectivity index (χ0) is 18.2. The van der Waals surface area contributed by atoms with Crippen molar-refractivity contribution in [3.05, 3.63) is 28.2 Å². The molecule has 1 unspecified atom stereocenters. The highest BCUT2D eigenvalue weighted by atomic mass is 16.6. The molecule has 0 radical (unpaired) electrons. The molecule has 2 aromatic rings. The average molecular weight is 347 g/mol. The molecular weight excluding hydrogens is 322 g/mol. The van der Waals surface area contributed by atoms with Crippen LogP contribution in [-0.4, -0.2) is 49.3 Å². The van der Waals surface area contributed by atoms with E-state index < -0.39 is 5.60 Å². The van der Waals surface area contributed by atoms with E-state index in [9.17, 15) is 9.59 Å². The highest BCUT2D eigenvalue weighted by Crippen LogP contribution is 2.28. The number of nitrogens with zero attached hydrogens (tertiary/aromatic N) is 4. The van der Waals surface area contributed by atoms with Crippen molar-refractivity contribution in [2.75, 3.05) is 13.1 Å². The minimum atomic E-state index is -0.520. The van der Waals surface area contributed by atoms with E-state index in [1.54, 1.807) is 9.42 Å². The van der Waals surface area contributed by atoms with Crippen LogP contribution in [0.4, 0.5) is 4.79 Å². The Kier molecular flexibility index (Phi) is 4.53. The van der Waals surface area contributed by atoms with Gasteiger partial charge in [-0.2, -0.15) is 5.10 Å². The Morgan fingerprint density at radius 1 is 1.44 bits per heavy atom. The third-order valence-electron chi connectivity index (χ3n) is 4.31. The Morgan fingerprint density at radius 3 is 2.88 bits per heavy atom. The number of fused-ring (bicyclic) bond motifs is 1. The molecule has 0 saturated carbocycles. The first-order chi connectivity index (χ1) is 11.8. The molecule has 0 aliphatic carbocycles. The van der Waals surface area contributed by atoms with Gasteiger partial charge in [0.25, 0.3) is 5.56 Å². The maximum atomic E-state index is 12.4. The Bertz CT molecular complexity index is 833. The third-order valence-corrected chi connectivity index (χ3v) is 4.31. The van der Waals surface area contributed by atoms with Gasteiger partial charge in [-0.1, -0.05) is 6.92 Å². The van der Waals surface area contributed by atoms with Crippen molar-refractivity contribution in [2.45, 2.75) is 58.5 Å². The van der Waals surface area contributed by atoms with E-state index in [0.29, 0.717) is 25.0 Å². The quantitative estimate of drug-likeness (QED) is 0.898. The summed E-state index contributed by atoms with van der Waals surface area (Å²) in [7, 11) is 0. The number of piperidine rings is 1. The number of amides is 1. The highest BCUT2D eigenvalue weighted by molar-refractivity contribution is 5.68. The summed E-state index contributed by atoms with van der Waals surface area (Å²) >= 11 is 0. The summed E-state index contributed by atoms with van der Waals surface area (Å²) in [6, 6.07) is 0. The smallest absolute Gasteiger partial charge is 0.410 e. The third kappa shape index (κ3) is 3.52. The summed E-state index contributed by atoms with van der Waals surface area (Å²) in [5, 5.41) is 4.28. The molecule has 25 heavy (non-hydrogen) atoms. The number of carbonyl (C=O) groups excluding carboxylic acids is 1. The van der Waals surface area contributed by atoms with Crippen LogP contribution in [0.1, 0.15) is 58.0 Å². The van der Waals surface area contributed by atoms with E-state index in [1.165, 1.54) is 6.33 Å². The number of nitrogens with one attached hydrogen (secondary N) is 1. The molecule has 3 heterocycles. The van der Waals surface area contributed by atoms with Gasteiger partial charge in [-0.25, -0.2) is 14.3 Å². The molecular formula is C17H25N5O3. The van der Waals surface area contributed by atoms with E-state index in [1.807, 2.05) is 27.7 Å². The lowest BCUT2D eigenvalue weighted by Crippen LogP contribution is -2.42. The minimum Gasteiger partial charge on any atom is -0.444 e. The van der Waals surface area contributed by atoms with Gasteiger partial charge in [0, 0.05) is 19.0 Å². The van der Waals surface area contributed by atoms with Gasteiger partial charge < -0.3 is 14.6 Å². The van der Waals surface area contributed by atoms with Crippen molar-refractivity contribution in [3.63, 3.8) is 0 Å². The highest BCUT2D eigenvalue weighted by Gasteiger charge is 2.31. The Labute approximate surface area is 146 Å². The van der Waals surface area contributed by atoms with Crippen LogP contribution in [0, 0.1) is 0 Å². The van der Waals surface area contributed by atoms with Crippen molar-refractivity contribution < 1.29 is 9.53 Å². The summed E-state index contributed by atoms with van der Waals surface area (Å²) in [6.07, 6.45) is 3.49. The number of imidazole rings is 1. The molecule has 1 N–H and O–H groups in total. The van der Waals surface area contributed by atoms with E-state index in [0.717, 1.165) is 24.4 Å². The van der Waals surface area contributed by atoms with Crippen molar-refractivity contribution in [1.29, 1.82) is 0 Å². The molecule has 1 aliphatic rings. The van der Waals surface area contributed by atoms with Crippen LogP contribution in [0.5, 0.6) is 0 Å². The Morgan fingerprint density at radius 2 is 2.20 bits per heavy atom. The number of hydrogen-bond acceptors (Lipinski definition) is 5. The number of carbonyl (C=O) groups is 1. The summed E-state index contributed by atoms with van der Waals surface area (Å²) in [4.78, 5) is 33.5. The number of rotatable bonds is 2. The molecule has 1 aliphatic heterocycles. The molecule has 1 amide bonds. The second-order valence-corrected chi connectivity index (χ2v) is 7.41. The molecule has 1 saturated heterocycles. The summed E-state index contributed by atoms with van der Waals surface area (Å²) < 4.78 is 7.11. The van der Waals surface area contributed by atoms with Gasteiger partial charge in [0.1, 0.15) is 17.8 Å². The number of hydrogen-bond donors (Lipinski definition) is 1. The minimum absolute atomic E-state index is 0.0309. The SMILES string of the molecule is CCc1nc(C2CCCN(C(=O)OC(C)(C)C)C2)n2nc[nH]c(=O)c12. The van der Waals surface area contributed by atoms with Gasteiger partial charge in [-0.3, -0.25) is 4.79 Å². The van der Waals surface area contributed by atoms with Crippen LogP contribution in [0.25, 0.3) is 5.52 Å². The lowest BCUT2D eigenvalue weighted by atomic mass is 9.97. The molecule has 136 valence electrons. The lowest BCUT2D eigenvalue weighted by Gasteiger charge is -2.33. The molecule has 0 aromatic carbocycles. The zero-order valence-electron chi connectivity index (χ0n) is 15.2. The van der Waals surface area contributed by atoms with E-state index in [-0.39, 0.29) is 17.6 Å². The fraction of sp³-hybridized carbons (Fsp3) is 0.647. The maximum Gasteiger partial charge on any atom is 0.410 e. The summed E-state index contributed by atoms with van der Waals surface area (Å²) in [5.74, 6) is 0.773. The first kappa shape index (κ1) is 17.4. The molecule has 3 rings (SSSR count). The predicted molar refractivity (Wildman–Crippen MR) is 92.8 cm³/mol. The number of likely N-dealkylation sites (tertiary alicyclic amines) is 1. The van der Waals surface area contributed by atoms with Gasteiger partial charge in [-0.15, -0.1) is 0 Å². The number of ether oxygens (including phenoxy) is 1. The molecule has 8 nitrogen and oxygen atoms in total. The Balaban J connectivity index is 1.90. The largest absolute Gasteiger partial charge is 0.444 e. The molecule has 1 atom stereocenters.